The maximum absolute atomic E-state index is 12.7. The van der Waals surface area contributed by atoms with Crippen molar-refractivity contribution in [2.45, 2.75) is 18.0 Å². The lowest BCUT2D eigenvalue weighted by Crippen LogP contribution is -2.47. The van der Waals surface area contributed by atoms with E-state index in [0.29, 0.717) is 5.75 Å². The van der Waals surface area contributed by atoms with Gasteiger partial charge in [0.25, 0.3) is 0 Å². The normalized spacial score (nSPS) is 19.9. The highest BCUT2D eigenvalue weighted by atomic mass is 16.5. The van der Waals surface area contributed by atoms with Crippen LogP contribution in [0.15, 0.2) is 83.9 Å². The smallest absolute Gasteiger partial charge is 0.334 e. The molecular formula is C25H24N2O4. The third kappa shape index (κ3) is 3.84. The molecule has 0 saturated carbocycles. The van der Waals surface area contributed by atoms with E-state index in [4.69, 9.17) is 9.47 Å². The summed E-state index contributed by atoms with van der Waals surface area (Å²) in [6, 6.07) is 24.1. The van der Waals surface area contributed by atoms with Crippen molar-refractivity contribution in [3.05, 3.63) is 90.0 Å². The highest BCUT2D eigenvalue weighted by molar-refractivity contribution is 5.93. The first kappa shape index (κ1) is 20.5. The number of hydrogen-bond donors (Lipinski definition) is 1. The molecule has 6 heteroatoms. The van der Waals surface area contributed by atoms with Gasteiger partial charge in [-0.05, 0) is 47.5 Å². The Morgan fingerprint density at radius 3 is 2.06 bits per heavy atom. The molecule has 0 saturated heterocycles. The lowest BCUT2D eigenvalue weighted by Gasteiger charge is -2.35. The molecular weight excluding hydrogens is 392 g/mol. The molecule has 0 bridgehead atoms. The van der Waals surface area contributed by atoms with Crippen LogP contribution in [0.3, 0.4) is 0 Å². The molecule has 2 unspecified atom stereocenters. The Morgan fingerprint density at radius 1 is 0.935 bits per heavy atom. The fourth-order valence-corrected chi connectivity index (χ4v) is 4.02. The van der Waals surface area contributed by atoms with Crippen molar-refractivity contribution in [3.63, 3.8) is 0 Å². The number of methoxy groups -OCH3 is 2. The minimum absolute atomic E-state index is 0.267. The van der Waals surface area contributed by atoms with Crippen LogP contribution in [0.2, 0.25) is 0 Å². The average molecular weight is 416 g/mol. The third-order valence-corrected chi connectivity index (χ3v) is 5.63. The van der Waals surface area contributed by atoms with Gasteiger partial charge in [0.05, 0.1) is 26.6 Å². The number of hydrogen-bond acceptors (Lipinski definition) is 5. The monoisotopic (exact) mass is 416 g/mol. The van der Waals surface area contributed by atoms with Crippen molar-refractivity contribution in [1.82, 2.24) is 0 Å². The molecule has 0 radical (unpaired) electrons. The van der Waals surface area contributed by atoms with Crippen LogP contribution in [0.4, 0.5) is 5.69 Å². The summed E-state index contributed by atoms with van der Waals surface area (Å²) in [5.74, 6) is 0.474. The molecule has 0 amide bonds. The van der Waals surface area contributed by atoms with Crippen molar-refractivity contribution < 1.29 is 19.4 Å². The Labute approximate surface area is 181 Å². The van der Waals surface area contributed by atoms with Gasteiger partial charge in [-0.3, -0.25) is 4.99 Å². The van der Waals surface area contributed by atoms with E-state index in [0.717, 1.165) is 22.6 Å². The Kier molecular flexibility index (Phi) is 5.62. The summed E-state index contributed by atoms with van der Waals surface area (Å²) in [6.07, 6.45) is 1.90. The molecule has 1 heterocycles. The summed E-state index contributed by atoms with van der Waals surface area (Å²) in [7, 11) is 3.22. The minimum atomic E-state index is -1.38. The topological polar surface area (TPSA) is 71.4 Å². The maximum Gasteiger partial charge on any atom is 0.334 e. The molecule has 31 heavy (non-hydrogen) atoms. The van der Waals surface area contributed by atoms with E-state index in [-0.39, 0.29) is 6.42 Å². The van der Waals surface area contributed by atoms with Crippen LogP contribution >= 0.6 is 0 Å². The number of carboxylic acids is 1. The molecule has 1 aliphatic rings. The summed E-state index contributed by atoms with van der Waals surface area (Å²) in [5, 5.41) is 10.4. The molecule has 0 spiro atoms. The standard InChI is InChI=1S/C25H24N2O4/c1-30-21-12-8-19(9-13-21)23-25(24(28)29,16-18-6-4-3-5-7-18)26-17-27(23)20-10-14-22(31-2)15-11-20/h3-15,17,23H,16H2,1-2H3,(H,28,29). The van der Waals surface area contributed by atoms with Crippen molar-refractivity contribution >= 4 is 18.0 Å². The van der Waals surface area contributed by atoms with Crippen LogP contribution < -0.4 is 14.4 Å². The number of nitrogens with zero attached hydrogens (tertiary/aromatic N) is 2. The fraction of sp³-hybridized carbons (Fsp3) is 0.200. The number of aliphatic carboxylic acids is 1. The SMILES string of the molecule is COc1ccc(C2N(c3ccc(OC)cc3)C=NC2(Cc2ccccc2)C(=O)O)cc1. The van der Waals surface area contributed by atoms with Crippen LogP contribution in [0.5, 0.6) is 11.5 Å². The van der Waals surface area contributed by atoms with Crippen molar-refractivity contribution in [2.24, 2.45) is 4.99 Å². The van der Waals surface area contributed by atoms with Gasteiger partial charge in [-0.25, -0.2) is 4.79 Å². The Balaban J connectivity index is 1.82. The molecule has 1 N–H and O–H groups in total. The van der Waals surface area contributed by atoms with E-state index < -0.39 is 17.6 Å². The molecule has 158 valence electrons. The highest BCUT2D eigenvalue weighted by Crippen LogP contribution is 2.44. The second-order valence-electron chi connectivity index (χ2n) is 7.42. The zero-order valence-electron chi connectivity index (χ0n) is 17.4. The van der Waals surface area contributed by atoms with Gasteiger partial charge in [-0.2, -0.15) is 0 Å². The molecule has 3 aromatic rings. The van der Waals surface area contributed by atoms with Gasteiger partial charge in [-0.15, -0.1) is 0 Å². The summed E-state index contributed by atoms with van der Waals surface area (Å²) >= 11 is 0. The van der Waals surface area contributed by atoms with Crippen LogP contribution in [-0.4, -0.2) is 37.2 Å². The number of aliphatic imine (C=N–C) groups is 1. The molecule has 4 rings (SSSR count). The number of anilines is 1. The van der Waals surface area contributed by atoms with E-state index in [9.17, 15) is 9.90 Å². The zero-order valence-corrected chi connectivity index (χ0v) is 17.4. The first-order valence-corrected chi connectivity index (χ1v) is 9.96. The number of ether oxygens (including phenoxy) is 2. The molecule has 1 aliphatic heterocycles. The maximum atomic E-state index is 12.7. The van der Waals surface area contributed by atoms with Gasteiger partial charge >= 0.3 is 5.97 Å². The predicted molar refractivity (Wildman–Crippen MR) is 120 cm³/mol. The zero-order chi connectivity index (χ0) is 21.8. The van der Waals surface area contributed by atoms with E-state index in [1.54, 1.807) is 20.6 Å². The third-order valence-electron chi connectivity index (χ3n) is 5.63. The summed E-state index contributed by atoms with van der Waals surface area (Å²) < 4.78 is 10.6. The number of carbonyl (C=O) groups is 1. The number of carboxylic acid groups (broad SMARTS) is 1. The molecule has 0 fully saturated rings. The highest BCUT2D eigenvalue weighted by Gasteiger charge is 2.52. The van der Waals surface area contributed by atoms with Gasteiger partial charge < -0.3 is 19.5 Å². The second kappa shape index (κ2) is 8.52. The van der Waals surface area contributed by atoms with Crippen LogP contribution in [-0.2, 0) is 11.2 Å². The number of rotatable bonds is 7. The lowest BCUT2D eigenvalue weighted by molar-refractivity contribution is -0.143. The summed E-state index contributed by atoms with van der Waals surface area (Å²) in [4.78, 5) is 19.2. The molecule has 3 aromatic carbocycles. The predicted octanol–water partition coefficient (Wildman–Crippen LogP) is 4.36. The van der Waals surface area contributed by atoms with Crippen LogP contribution in [0.1, 0.15) is 17.2 Å². The Hall–Kier alpha value is -3.80. The van der Waals surface area contributed by atoms with Crippen LogP contribution in [0, 0.1) is 0 Å². The Morgan fingerprint density at radius 2 is 1.52 bits per heavy atom. The molecule has 6 nitrogen and oxygen atoms in total. The quantitative estimate of drug-likeness (QED) is 0.620. The average Bonchev–Trinajstić information content (AvgIpc) is 3.20. The van der Waals surface area contributed by atoms with Gasteiger partial charge in [0.1, 0.15) is 11.5 Å². The van der Waals surface area contributed by atoms with E-state index in [1.807, 2.05) is 83.8 Å². The van der Waals surface area contributed by atoms with Crippen LogP contribution in [0.25, 0.3) is 0 Å². The van der Waals surface area contributed by atoms with E-state index in [2.05, 4.69) is 4.99 Å². The molecule has 2 atom stereocenters. The van der Waals surface area contributed by atoms with E-state index >= 15 is 0 Å². The second-order valence-corrected chi connectivity index (χ2v) is 7.42. The first-order valence-electron chi connectivity index (χ1n) is 9.96. The van der Waals surface area contributed by atoms with Crippen molar-refractivity contribution in [2.75, 3.05) is 19.1 Å². The lowest BCUT2D eigenvalue weighted by atomic mass is 9.80. The minimum Gasteiger partial charge on any atom is -0.497 e. The van der Waals surface area contributed by atoms with Gasteiger partial charge in [0, 0.05) is 12.1 Å². The van der Waals surface area contributed by atoms with Gasteiger partial charge in [0.2, 0.25) is 0 Å². The number of benzene rings is 3. The largest absolute Gasteiger partial charge is 0.497 e. The Bertz CT molecular complexity index is 1060. The summed E-state index contributed by atoms with van der Waals surface area (Å²) in [5.41, 5.74) is 1.21. The summed E-state index contributed by atoms with van der Waals surface area (Å²) in [6.45, 7) is 0. The fourth-order valence-electron chi connectivity index (χ4n) is 4.02. The molecule has 0 aliphatic carbocycles. The van der Waals surface area contributed by atoms with Crippen molar-refractivity contribution in [1.29, 1.82) is 0 Å². The molecule has 0 aromatic heterocycles. The van der Waals surface area contributed by atoms with Gasteiger partial charge in [-0.1, -0.05) is 42.5 Å². The van der Waals surface area contributed by atoms with E-state index in [1.165, 1.54) is 0 Å². The first-order chi connectivity index (χ1) is 15.1. The van der Waals surface area contributed by atoms with Crippen molar-refractivity contribution in [3.8, 4) is 11.5 Å². The van der Waals surface area contributed by atoms with Gasteiger partial charge in [0.15, 0.2) is 5.54 Å².